The zero-order valence-corrected chi connectivity index (χ0v) is 13.8. The van der Waals surface area contributed by atoms with E-state index < -0.39 is 0 Å². The smallest absolute Gasteiger partial charge is 0.223 e. The molecule has 124 valence electrons. The highest BCUT2D eigenvalue weighted by Gasteiger charge is 2.42. The van der Waals surface area contributed by atoms with Crippen molar-refractivity contribution in [3.05, 3.63) is 58.4 Å². The summed E-state index contributed by atoms with van der Waals surface area (Å²) in [6.07, 6.45) is 6.67. The van der Waals surface area contributed by atoms with Gasteiger partial charge in [-0.2, -0.15) is 0 Å². The minimum Gasteiger partial charge on any atom is -0.332 e. The van der Waals surface area contributed by atoms with Crippen LogP contribution in [0.5, 0.6) is 0 Å². The van der Waals surface area contributed by atoms with Gasteiger partial charge in [-0.3, -0.25) is 4.79 Å². The SMILES string of the molecule is O=C(CCc1c(F)cccc1Cl)N1C2CCC1c1cncnc1C2. The van der Waals surface area contributed by atoms with Gasteiger partial charge >= 0.3 is 0 Å². The number of amides is 1. The summed E-state index contributed by atoms with van der Waals surface area (Å²) in [4.78, 5) is 23.2. The normalized spacial score (nSPS) is 21.7. The van der Waals surface area contributed by atoms with Gasteiger partial charge in [0.05, 0.1) is 11.7 Å². The van der Waals surface area contributed by atoms with Gasteiger partial charge in [0, 0.05) is 41.2 Å². The van der Waals surface area contributed by atoms with Gasteiger partial charge in [0.1, 0.15) is 12.1 Å². The predicted octanol–water partition coefficient (Wildman–Crippen LogP) is 3.49. The van der Waals surface area contributed by atoms with Crippen LogP contribution in [0.4, 0.5) is 4.39 Å². The van der Waals surface area contributed by atoms with Gasteiger partial charge in [0.15, 0.2) is 0 Å². The topological polar surface area (TPSA) is 46.1 Å². The molecule has 0 N–H and O–H groups in total. The molecule has 1 saturated heterocycles. The number of halogens is 2. The molecule has 1 aromatic heterocycles. The number of carbonyl (C=O) groups excluding carboxylic acids is 1. The van der Waals surface area contributed by atoms with E-state index in [1.54, 1.807) is 18.5 Å². The average Bonchev–Trinajstić information content (AvgIpc) is 2.89. The number of fused-ring (bicyclic) bond motifs is 4. The maximum absolute atomic E-state index is 13.9. The molecule has 4 rings (SSSR count). The van der Waals surface area contributed by atoms with Crippen LogP contribution in [0.25, 0.3) is 0 Å². The average molecular weight is 346 g/mol. The van der Waals surface area contributed by atoms with Gasteiger partial charge in [-0.15, -0.1) is 0 Å². The van der Waals surface area contributed by atoms with Crippen LogP contribution < -0.4 is 0 Å². The lowest BCUT2D eigenvalue weighted by Gasteiger charge is -2.35. The van der Waals surface area contributed by atoms with Crippen molar-refractivity contribution >= 4 is 17.5 Å². The third-order valence-corrected chi connectivity index (χ3v) is 5.41. The second-order valence-corrected chi connectivity index (χ2v) is 6.78. The van der Waals surface area contributed by atoms with Gasteiger partial charge in [0.2, 0.25) is 5.91 Å². The highest BCUT2D eigenvalue weighted by molar-refractivity contribution is 6.31. The summed E-state index contributed by atoms with van der Waals surface area (Å²) in [5.74, 6) is -0.299. The number of hydrogen-bond acceptors (Lipinski definition) is 3. The summed E-state index contributed by atoms with van der Waals surface area (Å²) in [6.45, 7) is 0. The lowest BCUT2D eigenvalue weighted by atomic mass is 9.98. The van der Waals surface area contributed by atoms with Crippen molar-refractivity contribution in [1.82, 2.24) is 14.9 Å². The van der Waals surface area contributed by atoms with Crippen molar-refractivity contribution in [2.45, 2.75) is 44.2 Å². The van der Waals surface area contributed by atoms with Crippen LogP contribution in [-0.4, -0.2) is 26.8 Å². The highest BCUT2D eigenvalue weighted by Crippen LogP contribution is 2.43. The number of benzene rings is 1. The van der Waals surface area contributed by atoms with Crippen molar-refractivity contribution in [3.63, 3.8) is 0 Å². The molecule has 1 aromatic carbocycles. The standard InChI is InChI=1S/C18H17ClFN3O/c19-14-2-1-3-15(20)12(14)5-7-18(24)23-11-4-6-17(23)13-9-21-10-22-16(13)8-11/h1-3,9-11,17H,4-8H2. The Morgan fingerprint density at radius 3 is 3.08 bits per heavy atom. The number of hydrogen-bond donors (Lipinski definition) is 0. The Bertz CT molecular complexity index is 777. The molecule has 2 aliphatic heterocycles. The second kappa shape index (κ2) is 6.13. The Hall–Kier alpha value is -2.01. The number of aromatic nitrogens is 2. The van der Waals surface area contributed by atoms with E-state index in [-0.39, 0.29) is 30.2 Å². The molecule has 4 nitrogen and oxygen atoms in total. The summed E-state index contributed by atoms with van der Waals surface area (Å²) in [5.41, 5.74) is 2.53. The fourth-order valence-electron chi connectivity index (χ4n) is 3.94. The largest absolute Gasteiger partial charge is 0.332 e. The molecule has 0 saturated carbocycles. The fourth-order valence-corrected chi connectivity index (χ4v) is 4.19. The molecule has 2 bridgehead atoms. The van der Waals surface area contributed by atoms with Crippen molar-refractivity contribution < 1.29 is 9.18 Å². The van der Waals surface area contributed by atoms with Crippen molar-refractivity contribution in [3.8, 4) is 0 Å². The quantitative estimate of drug-likeness (QED) is 0.855. The minimum absolute atomic E-state index is 0.0522. The van der Waals surface area contributed by atoms with Gasteiger partial charge < -0.3 is 4.90 Å². The molecule has 2 aliphatic rings. The van der Waals surface area contributed by atoms with E-state index >= 15 is 0 Å². The van der Waals surface area contributed by atoms with Crippen molar-refractivity contribution in [2.75, 3.05) is 0 Å². The monoisotopic (exact) mass is 345 g/mol. The molecular formula is C18H17ClFN3O. The molecule has 2 unspecified atom stereocenters. The van der Waals surface area contributed by atoms with Gasteiger partial charge in [0.25, 0.3) is 0 Å². The minimum atomic E-state index is -0.351. The zero-order chi connectivity index (χ0) is 16.7. The fraction of sp³-hybridized carbons (Fsp3) is 0.389. The lowest BCUT2D eigenvalue weighted by molar-refractivity contribution is -0.134. The van der Waals surface area contributed by atoms with E-state index in [1.807, 2.05) is 11.1 Å². The van der Waals surface area contributed by atoms with Crippen molar-refractivity contribution in [1.29, 1.82) is 0 Å². The Kier molecular flexibility index (Phi) is 3.96. The molecule has 0 spiro atoms. The van der Waals surface area contributed by atoms with E-state index in [1.165, 1.54) is 6.07 Å². The van der Waals surface area contributed by atoms with Crippen LogP contribution in [0.15, 0.2) is 30.7 Å². The first-order valence-electron chi connectivity index (χ1n) is 8.18. The summed E-state index contributed by atoms with van der Waals surface area (Å²) < 4.78 is 13.9. The van der Waals surface area contributed by atoms with Crippen LogP contribution in [0.1, 0.15) is 42.1 Å². The molecule has 0 aliphatic carbocycles. The summed E-state index contributed by atoms with van der Waals surface area (Å²) in [5, 5.41) is 0.378. The first-order valence-corrected chi connectivity index (χ1v) is 8.56. The Balaban J connectivity index is 1.52. The van der Waals surface area contributed by atoms with Crippen LogP contribution >= 0.6 is 11.6 Å². The summed E-state index contributed by atoms with van der Waals surface area (Å²) in [6, 6.07) is 4.86. The number of rotatable bonds is 3. The highest BCUT2D eigenvalue weighted by atomic mass is 35.5. The molecule has 6 heteroatoms. The van der Waals surface area contributed by atoms with E-state index in [2.05, 4.69) is 9.97 Å². The summed E-state index contributed by atoms with van der Waals surface area (Å²) >= 11 is 6.05. The van der Waals surface area contributed by atoms with Crippen LogP contribution in [0.2, 0.25) is 5.02 Å². The molecular weight excluding hydrogens is 329 g/mol. The lowest BCUT2D eigenvalue weighted by Crippen LogP contribution is -2.42. The van der Waals surface area contributed by atoms with E-state index in [0.717, 1.165) is 30.5 Å². The predicted molar refractivity (Wildman–Crippen MR) is 88.1 cm³/mol. The third kappa shape index (κ3) is 2.57. The number of carbonyl (C=O) groups is 1. The Morgan fingerprint density at radius 1 is 1.38 bits per heavy atom. The number of nitrogens with zero attached hydrogens (tertiary/aromatic N) is 3. The van der Waals surface area contributed by atoms with Crippen LogP contribution in [-0.2, 0) is 17.6 Å². The van der Waals surface area contributed by atoms with Gasteiger partial charge in [-0.25, -0.2) is 14.4 Å². The first kappa shape index (κ1) is 15.5. The first-order chi connectivity index (χ1) is 11.6. The van der Waals surface area contributed by atoms with E-state index in [0.29, 0.717) is 17.0 Å². The zero-order valence-electron chi connectivity index (χ0n) is 13.1. The van der Waals surface area contributed by atoms with E-state index in [4.69, 9.17) is 11.6 Å². The molecule has 1 amide bonds. The molecule has 3 heterocycles. The molecule has 0 radical (unpaired) electrons. The third-order valence-electron chi connectivity index (χ3n) is 5.06. The molecule has 24 heavy (non-hydrogen) atoms. The maximum atomic E-state index is 13.9. The Morgan fingerprint density at radius 2 is 2.25 bits per heavy atom. The summed E-state index contributed by atoms with van der Waals surface area (Å²) in [7, 11) is 0. The van der Waals surface area contributed by atoms with Crippen molar-refractivity contribution in [2.24, 2.45) is 0 Å². The Labute approximate surface area is 144 Å². The van der Waals surface area contributed by atoms with Gasteiger partial charge in [-0.1, -0.05) is 17.7 Å². The molecule has 2 atom stereocenters. The van der Waals surface area contributed by atoms with Crippen LogP contribution in [0, 0.1) is 5.82 Å². The van der Waals surface area contributed by atoms with Crippen LogP contribution in [0.3, 0.4) is 0 Å². The molecule has 1 fully saturated rings. The van der Waals surface area contributed by atoms with E-state index in [9.17, 15) is 9.18 Å². The maximum Gasteiger partial charge on any atom is 0.223 e. The molecule has 2 aromatic rings. The second-order valence-electron chi connectivity index (χ2n) is 6.38. The van der Waals surface area contributed by atoms with Gasteiger partial charge in [-0.05, 0) is 31.4 Å².